The van der Waals surface area contributed by atoms with Crippen LogP contribution >= 0.6 is 15.9 Å². The van der Waals surface area contributed by atoms with E-state index in [1.54, 1.807) is 0 Å². The molecule has 1 aromatic carbocycles. The zero-order valence-electron chi connectivity index (χ0n) is 9.75. The van der Waals surface area contributed by atoms with E-state index in [0.29, 0.717) is 6.04 Å². The SMILES string of the molecule is CC1CCc2cc(Br)ccc2N1N.O=S(=O)(O)O. The predicted molar refractivity (Wildman–Crippen MR) is 72.8 cm³/mol. The molecule has 8 heteroatoms. The Bertz CT molecular complexity index is 513. The quantitative estimate of drug-likeness (QED) is 0.492. The van der Waals surface area contributed by atoms with E-state index in [4.69, 9.17) is 23.4 Å². The molecular formula is C10H15BrN2O4S. The van der Waals surface area contributed by atoms with Gasteiger partial charge in [-0.05, 0) is 43.5 Å². The first-order valence-electron chi connectivity index (χ1n) is 5.20. The molecule has 1 aromatic rings. The largest absolute Gasteiger partial charge is 0.394 e. The number of rotatable bonds is 0. The summed E-state index contributed by atoms with van der Waals surface area (Å²) in [5.74, 6) is 5.96. The average molecular weight is 339 g/mol. The van der Waals surface area contributed by atoms with Crippen LogP contribution in [-0.2, 0) is 16.8 Å². The van der Waals surface area contributed by atoms with E-state index in [1.165, 1.54) is 11.3 Å². The zero-order chi connectivity index (χ0) is 13.9. The number of nitrogens with zero attached hydrogens (tertiary/aromatic N) is 1. The molecule has 0 aromatic heterocycles. The highest BCUT2D eigenvalue weighted by Gasteiger charge is 2.19. The van der Waals surface area contributed by atoms with Gasteiger partial charge < -0.3 is 5.01 Å². The molecule has 1 aliphatic rings. The number of hydrazine groups is 1. The standard InChI is InChI=1S/C10H13BrN2.H2O4S/c1-7-2-3-8-6-9(11)4-5-10(8)13(7)12;1-5(2,3)4/h4-7H,2-3,12H2,1H3;(H2,1,2,3,4). The van der Waals surface area contributed by atoms with Crippen molar-refractivity contribution in [1.29, 1.82) is 0 Å². The van der Waals surface area contributed by atoms with Gasteiger partial charge in [-0.25, -0.2) is 5.84 Å². The number of halogens is 1. The van der Waals surface area contributed by atoms with Crippen molar-refractivity contribution < 1.29 is 17.5 Å². The van der Waals surface area contributed by atoms with Crippen molar-refractivity contribution in [3.05, 3.63) is 28.2 Å². The third-order valence-electron chi connectivity index (χ3n) is 2.63. The van der Waals surface area contributed by atoms with Gasteiger partial charge in [0.2, 0.25) is 0 Å². The number of hydrogen-bond acceptors (Lipinski definition) is 4. The summed E-state index contributed by atoms with van der Waals surface area (Å²) < 4.78 is 32.7. The molecule has 6 nitrogen and oxygen atoms in total. The number of anilines is 1. The smallest absolute Gasteiger partial charge is 0.308 e. The molecule has 0 saturated carbocycles. The van der Waals surface area contributed by atoms with Crippen LogP contribution in [0.15, 0.2) is 22.7 Å². The van der Waals surface area contributed by atoms with Crippen molar-refractivity contribution in [2.45, 2.75) is 25.8 Å². The molecule has 0 fully saturated rings. The lowest BCUT2D eigenvalue weighted by Crippen LogP contribution is -2.42. The average Bonchev–Trinajstić information content (AvgIpc) is 2.21. The van der Waals surface area contributed by atoms with Crippen molar-refractivity contribution in [1.82, 2.24) is 0 Å². The molecule has 0 bridgehead atoms. The van der Waals surface area contributed by atoms with Crippen LogP contribution in [0.5, 0.6) is 0 Å². The summed E-state index contributed by atoms with van der Waals surface area (Å²) in [4.78, 5) is 0. The van der Waals surface area contributed by atoms with Gasteiger partial charge in [0.15, 0.2) is 0 Å². The summed E-state index contributed by atoms with van der Waals surface area (Å²) in [6, 6.07) is 6.72. The first-order chi connectivity index (χ1) is 8.18. The predicted octanol–water partition coefficient (Wildman–Crippen LogP) is 1.81. The second-order valence-corrected chi connectivity index (χ2v) is 5.83. The molecule has 0 radical (unpaired) electrons. The highest BCUT2D eigenvalue weighted by Crippen LogP contribution is 2.30. The van der Waals surface area contributed by atoms with Gasteiger partial charge >= 0.3 is 10.4 Å². The van der Waals surface area contributed by atoms with Crippen molar-refractivity contribution in [3.8, 4) is 0 Å². The minimum atomic E-state index is -4.67. The fourth-order valence-corrected chi connectivity index (χ4v) is 2.16. The molecule has 2 rings (SSSR count). The van der Waals surface area contributed by atoms with Crippen LogP contribution in [0.2, 0.25) is 0 Å². The van der Waals surface area contributed by atoms with Gasteiger partial charge in [0.05, 0.1) is 5.69 Å². The van der Waals surface area contributed by atoms with Crippen LogP contribution in [0.25, 0.3) is 0 Å². The van der Waals surface area contributed by atoms with Crippen molar-refractivity contribution in [2.75, 3.05) is 5.01 Å². The Balaban J connectivity index is 0.000000280. The van der Waals surface area contributed by atoms with Crippen LogP contribution in [0.3, 0.4) is 0 Å². The maximum atomic E-state index is 8.74. The third-order valence-corrected chi connectivity index (χ3v) is 3.12. The normalized spacial score (nSPS) is 18.7. The first-order valence-corrected chi connectivity index (χ1v) is 7.39. The lowest BCUT2D eigenvalue weighted by Gasteiger charge is -2.33. The summed E-state index contributed by atoms with van der Waals surface area (Å²) in [6.07, 6.45) is 2.27. The zero-order valence-corrected chi connectivity index (χ0v) is 12.1. The molecule has 102 valence electrons. The maximum absolute atomic E-state index is 8.74. The van der Waals surface area contributed by atoms with Crippen molar-refractivity contribution >= 4 is 32.0 Å². The molecule has 0 aliphatic carbocycles. The van der Waals surface area contributed by atoms with Crippen LogP contribution < -0.4 is 10.9 Å². The fraction of sp³-hybridized carbons (Fsp3) is 0.400. The number of hydrogen-bond donors (Lipinski definition) is 3. The van der Waals surface area contributed by atoms with Gasteiger partial charge in [-0.1, -0.05) is 15.9 Å². The molecule has 1 atom stereocenters. The monoisotopic (exact) mass is 338 g/mol. The lowest BCUT2D eigenvalue weighted by atomic mass is 9.98. The Kier molecular flexibility index (Phi) is 5.11. The molecule has 1 aliphatic heterocycles. The van der Waals surface area contributed by atoms with Crippen LogP contribution in [0.4, 0.5) is 5.69 Å². The maximum Gasteiger partial charge on any atom is 0.394 e. The minimum absolute atomic E-state index is 0.452. The van der Waals surface area contributed by atoms with Crippen LogP contribution in [0.1, 0.15) is 18.9 Å². The summed E-state index contributed by atoms with van der Waals surface area (Å²) >= 11 is 3.47. The minimum Gasteiger partial charge on any atom is -0.308 e. The van der Waals surface area contributed by atoms with Crippen molar-refractivity contribution in [2.24, 2.45) is 5.84 Å². The molecule has 1 unspecified atom stereocenters. The van der Waals surface area contributed by atoms with E-state index in [2.05, 4.69) is 35.0 Å². The van der Waals surface area contributed by atoms with E-state index >= 15 is 0 Å². The molecule has 4 N–H and O–H groups in total. The van der Waals surface area contributed by atoms with E-state index < -0.39 is 10.4 Å². The van der Waals surface area contributed by atoms with Crippen LogP contribution in [-0.4, -0.2) is 23.6 Å². The second-order valence-electron chi connectivity index (χ2n) is 4.02. The van der Waals surface area contributed by atoms with Gasteiger partial charge in [0, 0.05) is 10.5 Å². The van der Waals surface area contributed by atoms with Gasteiger partial charge in [-0.3, -0.25) is 9.11 Å². The van der Waals surface area contributed by atoms with E-state index in [1.807, 2.05) is 11.1 Å². The van der Waals surface area contributed by atoms with E-state index in [0.717, 1.165) is 17.3 Å². The van der Waals surface area contributed by atoms with Gasteiger partial charge in [-0.2, -0.15) is 8.42 Å². The highest BCUT2D eigenvalue weighted by atomic mass is 79.9. The second kappa shape index (κ2) is 5.98. The first kappa shape index (κ1) is 15.4. The summed E-state index contributed by atoms with van der Waals surface area (Å²) in [7, 11) is -4.67. The Hall–Kier alpha value is -0.670. The molecule has 18 heavy (non-hydrogen) atoms. The highest BCUT2D eigenvalue weighted by molar-refractivity contribution is 9.10. The Morgan fingerprint density at radius 1 is 1.44 bits per heavy atom. The summed E-state index contributed by atoms with van der Waals surface area (Å²) in [5, 5.41) is 1.87. The van der Waals surface area contributed by atoms with Gasteiger partial charge in [0.25, 0.3) is 0 Å². The molecule has 1 heterocycles. The molecular weight excluding hydrogens is 324 g/mol. The molecule has 0 spiro atoms. The van der Waals surface area contributed by atoms with E-state index in [9.17, 15) is 0 Å². The molecule has 0 amide bonds. The van der Waals surface area contributed by atoms with Crippen molar-refractivity contribution in [3.63, 3.8) is 0 Å². The number of aryl methyl sites for hydroxylation is 1. The summed E-state index contributed by atoms with van der Waals surface area (Å²) in [6.45, 7) is 2.16. The Morgan fingerprint density at radius 2 is 2.00 bits per heavy atom. The number of fused-ring (bicyclic) bond motifs is 1. The third kappa shape index (κ3) is 4.91. The number of nitrogens with two attached hydrogens (primary N) is 1. The Labute approximate surface area is 114 Å². The number of benzene rings is 1. The van der Waals surface area contributed by atoms with Crippen LogP contribution in [0, 0.1) is 0 Å². The Morgan fingerprint density at radius 3 is 2.56 bits per heavy atom. The molecule has 0 saturated heterocycles. The fourth-order valence-electron chi connectivity index (χ4n) is 1.75. The summed E-state index contributed by atoms with van der Waals surface area (Å²) in [5.41, 5.74) is 2.51. The lowest BCUT2D eigenvalue weighted by molar-refractivity contribution is 0.381. The van der Waals surface area contributed by atoms with E-state index in [-0.39, 0.29) is 0 Å². The van der Waals surface area contributed by atoms with Gasteiger partial charge in [-0.15, -0.1) is 0 Å². The topological polar surface area (TPSA) is 104 Å². The van der Waals surface area contributed by atoms with Gasteiger partial charge in [0.1, 0.15) is 0 Å².